The number of unbranched alkanes of at least 4 members (excludes halogenated alkanes) is 11. The van der Waals surface area contributed by atoms with Crippen LogP contribution in [0.2, 0.25) is 0 Å². The summed E-state index contributed by atoms with van der Waals surface area (Å²) in [5, 5.41) is 19.9. The maximum atomic E-state index is 12.5. The number of aliphatic hydroxyl groups is 2. The molecular formula is C45H76NO9P. The van der Waals surface area contributed by atoms with Crippen molar-refractivity contribution >= 4 is 13.8 Å². The Morgan fingerprint density at radius 1 is 0.661 bits per heavy atom. The van der Waals surface area contributed by atoms with Crippen molar-refractivity contribution in [2.24, 2.45) is 5.73 Å². The second kappa shape index (κ2) is 40.4. The molecule has 0 fully saturated rings. The molecule has 320 valence electrons. The van der Waals surface area contributed by atoms with Crippen molar-refractivity contribution < 1.29 is 43.0 Å². The zero-order valence-electron chi connectivity index (χ0n) is 34.5. The summed E-state index contributed by atoms with van der Waals surface area (Å²) in [6.07, 6.45) is 47.3. The average Bonchev–Trinajstić information content (AvgIpc) is 3.18. The van der Waals surface area contributed by atoms with E-state index in [1.807, 2.05) is 42.5 Å². The fourth-order valence-electron chi connectivity index (χ4n) is 5.10. The molecule has 0 amide bonds. The van der Waals surface area contributed by atoms with Crippen molar-refractivity contribution in [2.45, 2.75) is 154 Å². The van der Waals surface area contributed by atoms with Crippen LogP contribution in [0.5, 0.6) is 0 Å². The van der Waals surface area contributed by atoms with Crippen molar-refractivity contribution in [1.82, 2.24) is 0 Å². The number of carbonyl (C=O) groups is 1. The van der Waals surface area contributed by atoms with Gasteiger partial charge in [-0.25, -0.2) is 4.57 Å². The van der Waals surface area contributed by atoms with Crippen LogP contribution in [0, 0.1) is 0 Å². The molecule has 0 heterocycles. The quantitative estimate of drug-likeness (QED) is 0.0118. The highest BCUT2D eigenvalue weighted by Crippen LogP contribution is 2.43. The Morgan fingerprint density at radius 3 is 1.82 bits per heavy atom. The van der Waals surface area contributed by atoms with Gasteiger partial charge in [-0.2, -0.15) is 0 Å². The molecule has 56 heavy (non-hydrogen) atoms. The molecule has 0 radical (unpaired) electrons. The predicted octanol–water partition coefficient (Wildman–Crippen LogP) is 10.6. The van der Waals surface area contributed by atoms with E-state index in [0.717, 1.165) is 32.1 Å². The van der Waals surface area contributed by atoms with Gasteiger partial charge in [0.2, 0.25) is 0 Å². The molecule has 0 aliphatic heterocycles. The largest absolute Gasteiger partial charge is 0.498 e. The van der Waals surface area contributed by atoms with E-state index in [1.54, 1.807) is 42.7 Å². The van der Waals surface area contributed by atoms with E-state index < -0.39 is 32.1 Å². The van der Waals surface area contributed by atoms with Crippen molar-refractivity contribution in [3.63, 3.8) is 0 Å². The van der Waals surface area contributed by atoms with Crippen LogP contribution in [0.4, 0.5) is 0 Å². The number of ether oxygens (including phenoxy) is 2. The molecule has 0 rings (SSSR count). The van der Waals surface area contributed by atoms with Gasteiger partial charge in [-0.05, 0) is 76.7 Å². The molecule has 5 N–H and O–H groups in total. The average molecular weight is 806 g/mol. The van der Waals surface area contributed by atoms with E-state index in [0.29, 0.717) is 25.7 Å². The summed E-state index contributed by atoms with van der Waals surface area (Å²) >= 11 is 0. The minimum absolute atomic E-state index is 0.0411. The first kappa shape index (κ1) is 53.2. The number of phosphoric ester groups is 1. The van der Waals surface area contributed by atoms with Crippen LogP contribution in [0.25, 0.3) is 0 Å². The van der Waals surface area contributed by atoms with Gasteiger partial charge in [-0.1, -0.05) is 144 Å². The molecule has 0 saturated heterocycles. The topological polar surface area (TPSA) is 158 Å². The first-order valence-electron chi connectivity index (χ1n) is 21.0. The summed E-state index contributed by atoms with van der Waals surface area (Å²) in [7, 11) is -4.35. The third-order valence-electron chi connectivity index (χ3n) is 8.23. The number of hydrogen-bond donors (Lipinski definition) is 4. The normalized spacial score (nSPS) is 15.5. The fraction of sp³-hybridized carbons (Fsp3) is 0.622. The van der Waals surface area contributed by atoms with E-state index in [2.05, 4.69) is 26.0 Å². The number of carbonyl (C=O) groups excluding carboxylic acids is 1. The number of allylic oxidation sites excluding steroid dienone is 11. The lowest BCUT2D eigenvalue weighted by atomic mass is 10.1. The zero-order chi connectivity index (χ0) is 41.2. The first-order chi connectivity index (χ1) is 27.2. The van der Waals surface area contributed by atoms with E-state index >= 15 is 0 Å². The van der Waals surface area contributed by atoms with Crippen LogP contribution < -0.4 is 5.73 Å². The number of nitrogens with two attached hydrogens (primary N) is 1. The van der Waals surface area contributed by atoms with Crippen LogP contribution in [-0.2, 0) is 27.9 Å². The summed E-state index contributed by atoms with van der Waals surface area (Å²) in [6, 6.07) is 0. The summed E-state index contributed by atoms with van der Waals surface area (Å²) in [5.74, 6) is -0.487. The molecule has 0 aliphatic rings. The SMILES string of the molecule is CC/C=C\C[C@H](O)/C=C/C=C\C=C\[C@H](O)C/C=C\C/C=C\CCC(=O)O[C@H](CO/C=C/CCCCCC/C=C\CCCCCCCC)COP(=O)(O)OCCN. The summed E-state index contributed by atoms with van der Waals surface area (Å²) in [5.41, 5.74) is 5.34. The van der Waals surface area contributed by atoms with E-state index in [9.17, 15) is 24.5 Å². The Morgan fingerprint density at radius 2 is 1.21 bits per heavy atom. The number of phosphoric acid groups is 1. The predicted molar refractivity (Wildman–Crippen MR) is 231 cm³/mol. The van der Waals surface area contributed by atoms with E-state index in [-0.39, 0.29) is 32.8 Å². The molecule has 4 atom stereocenters. The molecule has 0 aliphatic carbocycles. The lowest BCUT2D eigenvalue weighted by Crippen LogP contribution is -2.27. The van der Waals surface area contributed by atoms with Gasteiger partial charge in [0.05, 0.1) is 31.7 Å². The highest BCUT2D eigenvalue weighted by atomic mass is 31.2. The Balaban J connectivity index is 4.40. The van der Waals surface area contributed by atoms with Crippen LogP contribution >= 0.6 is 7.82 Å². The Bertz CT molecular complexity index is 1210. The van der Waals surface area contributed by atoms with Gasteiger partial charge in [0.1, 0.15) is 6.61 Å². The molecule has 11 heteroatoms. The first-order valence-corrected chi connectivity index (χ1v) is 22.5. The van der Waals surface area contributed by atoms with Gasteiger partial charge < -0.3 is 30.3 Å². The van der Waals surface area contributed by atoms with Gasteiger partial charge in [-0.15, -0.1) is 0 Å². The Hall–Kier alpha value is -2.82. The minimum atomic E-state index is -4.35. The van der Waals surface area contributed by atoms with Gasteiger partial charge >= 0.3 is 13.8 Å². The standard InChI is InChI=1S/C45H76NO9P/c1-3-5-7-8-9-10-11-12-13-14-15-16-17-20-25-31-38-52-40-44(41-54-56(50,51)53-39-37-46)55-45(49)36-30-22-19-18-21-27-33-43(48)35-29-24-23-28-34-42(47)32-26-6-4-2/h6,12-13,19,21-24,26-29,31,34-35,38,42-44,47-48H,3-5,7-11,14-18,20,25,30,32-33,36-37,39-41,46H2,1-2H3,(H,50,51)/b13-12-,22-19-,24-23-,26-6-,27-21-,34-28+,35-29+,38-31+/t42-,43+,44+/m0/s1. The van der Waals surface area contributed by atoms with Gasteiger partial charge in [0, 0.05) is 13.0 Å². The lowest BCUT2D eigenvalue weighted by molar-refractivity contribution is -0.153. The molecule has 10 nitrogen and oxygen atoms in total. The molecule has 1 unspecified atom stereocenters. The molecule has 0 aromatic carbocycles. The molecule has 0 saturated carbocycles. The van der Waals surface area contributed by atoms with Crippen molar-refractivity contribution in [3.05, 3.63) is 97.4 Å². The third kappa shape index (κ3) is 39.4. The van der Waals surface area contributed by atoms with Crippen molar-refractivity contribution in [1.29, 1.82) is 0 Å². The minimum Gasteiger partial charge on any atom is -0.498 e. The maximum absolute atomic E-state index is 12.5. The molecule has 0 aromatic heterocycles. The highest BCUT2D eigenvalue weighted by molar-refractivity contribution is 7.47. The molecule has 0 bridgehead atoms. The summed E-state index contributed by atoms with van der Waals surface area (Å²) in [4.78, 5) is 22.4. The fourth-order valence-corrected chi connectivity index (χ4v) is 5.86. The zero-order valence-corrected chi connectivity index (χ0v) is 35.4. The lowest BCUT2D eigenvalue weighted by Gasteiger charge is -2.19. The Kier molecular flexibility index (Phi) is 38.3. The molecule has 0 aromatic rings. The summed E-state index contributed by atoms with van der Waals surface area (Å²) < 4.78 is 33.0. The van der Waals surface area contributed by atoms with E-state index in [4.69, 9.17) is 24.3 Å². The number of aliphatic hydroxyl groups excluding tert-OH is 2. The monoisotopic (exact) mass is 806 g/mol. The third-order valence-corrected chi connectivity index (χ3v) is 9.21. The van der Waals surface area contributed by atoms with Crippen LogP contribution in [0.3, 0.4) is 0 Å². The highest BCUT2D eigenvalue weighted by Gasteiger charge is 2.25. The molecular weight excluding hydrogens is 729 g/mol. The van der Waals surface area contributed by atoms with E-state index in [1.165, 1.54) is 57.8 Å². The molecule has 0 spiro atoms. The van der Waals surface area contributed by atoms with Crippen LogP contribution in [0.1, 0.15) is 136 Å². The van der Waals surface area contributed by atoms with Crippen molar-refractivity contribution in [2.75, 3.05) is 26.4 Å². The van der Waals surface area contributed by atoms with Crippen LogP contribution in [0.15, 0.2) is 97.4 Å². The van der Waals surface area contributed by atoms with Gasteiger partial charge in [0.15, 0.2) is 6.10 Å². The smallest absolute Gasteiger partial charge is 0.472 e. The second-order valence-corrected chi connectivity index (χ2v) is 15.0. The van der Waals surface area contributed by atoms with Gasteiger partial charge in [-0.3, -0.25) is 13.8 Å². The number of esters is 1. The van der Waals surface area contributed by atoms with Crippen molar-refractivity contribution in [3.8, 4) is 0 Å². The second-order valence-electron chi connectivity index (χ2n) is 13.6. The summed E-state index contributed by atoms with van der Waals surface area (Å²) in [6.45, 7) is 3.80. The van der Waals surface area contributed by atoms with Gasteiger partial charge in [0.25, 0.3) is 0 Å². The number of rotatable bonds is 38. The number of hydrogen-bond acceptors (Lipinski definition) is 9. The Labute approximate surface area is 339 Å². The maximum Gasteiger partial charge on any atom is 0.472 e. The van der Waals surface area contributed by atoms with Crippen LogP contribution in [-0.4, -0.2) is 65.8 Å².